The Balaban J connectivity index is 3.58. The summed E-state index contributed by atoms with van der Waals surface area (Å²) in [5.74, 6) is 0. The number of hydrogen-bond donors (Lipinski definition) is 1. The van der Waals surface area contributed by atoms with Gasteiger partial charge in [0.25, 0.3) is 0 Å². The van der Waals surface area contributed by atoms with E-state index < -0.39 is 0 Å². The van der Waals surface area contributed by atoms with E-state index in [1.165, 1.54) is 0 Å². The van der Waals surface area contributed by atoms with Crippen molar-refractivity contribution in [2.24, 2.45) is 0 Å². The predicted octanol–water partition coefficient (Wildman–Crippen LogP) is 1.71. The number of nitrogens with one attached hydrogen (secondary N) is 1. The standard InChI is InChI=1S/C10H24N2/c1-6-12(7-2)8-10(5)11-9(3)4/h9-11H,6-8H2,1-5H3. The van der Waals surface area contributed by atoms with Crippen LogP contribution in [-0.2, 0) is 0 Å². The lowest BCUT2D eigenvalue weighted by Crippen LogP contribution is -2.41. The van der Waals surface area contributed by atoms with Crippen LogP contribution in [0.15, 0.2) is 0 Å². The molecule has 12 heavy (non-hydrogen) atoms. The highest BCUT2D eigenvalue weighted by Gasteiger charge is 2.06. The summed E-state index contributed by atoms with van der Waals surface area (Å²) < 4.78 is 0. The first-order valence-corrected chi connectivity index (χ1v) is 5.08. The van der Waals surface area contributed by atoms with Crippen molar-refractivity contribution < 1.29 is 0 Å². The van der Waals surface area contributed by atoms with Gasteiger partial charge in [-0.1, -0.05) is 27.7 Å². The Bertz CT molecular complexity index is 98.0. The minimum Gasteiger partial charge on any atom is -0.311 e. The Kier molecular flexibility index (Phi) is 6.39. The molecule has 0 saturated carbocycles. The molecule has 0 fully saturated rings. The molecule has 1 atom stereocenters. The maximum Gasteiger partial charge on any atom is 0.0169 e. The Labute approximate surface area is 77.3 Å². The molecule has 0 saturated heterocycles. The SMILES string of the molecule is CCN(CC)CC(C)NC(C)C. The molecule has 0 aliphatic heterocycles. The Morgan fingerprint density at radius 3 is 1.92 bits per heavy atom. The first-order valence-electron chi connectivity index (χ1n) is 5.08. The predicted molar refractivity (Wildman–Crippen MR) is 55.5 cm³/mol. The summed E-state index contributed by atoms with van der Waals surface area (Å²) in [5, 5.41) is 3.50. The van der Waals surface area contributed by atoms with Crippen LogP contribution in [0, 0.1) is 0 Å². The highest BCUT2D eigenvalue weighted by atomic mass is 15.1. The van der Waals surface area contributed by atoms with Gasteiger partial charge < -0.3 is 10.2 Å². The molecule has 1 unspecified atom stereocenters. The molecule has 0 aromatic carbocycles. The van der Waals surface area contributed by atoms with E-state index in [4.69, 9.17) is 0 Å². The van der Waals surface area contributed by atoms with Crippen molar-refractivity contribution in [2.75, 3.05) is 19.6 Å². The molecule has 0 spiro atoms. The first-order chi connectivity index (χ1) is 5.60. The van der Waals surface area contributed by atoms with E-state index in [0.717, 1.165) is 19.6 Å². The first kappa shape index (κ1) is 11.9. The molecule has 2 heteroatoms. The van der Waals surface area contributed by atoms with Gasteiger partial charge in [0.1, 0.15) is 0 Å². The molecule has 0 aromatic rings. The molecule has 74 valence electrons. The van der Waals surface area contributed by atoms with E-state index in [2.05, 4.69) is 44.8 Å². The van der Waals surface area contributed by atoms with Gasteiger partial charge in [0.05, 0.1) is 0 Å². The zero-order chi connectivity index (χ0) is 9.56. The van der Waals surface area contributed by atoms with Crippen molar-refractivity contribution in [3.05, 3.63) is 0 Å². The van der Waals surface area contributed by atoms with Crippen molar-refractivity contribution in [1.29, 1.82) is 0 Å². The van der Waals surface area contributed by atoms with Gasteiger partial charge in [-0.25, -0.2) is 0 Å². The molecule has 0 bridgehead atoms. The van der Waals surface area contributed by atoms with Crippen LogP contribution in [-0.4, -0.2) is 36.6 Å². The lowest BCUT2D eigenvalue weighted by Gasteiger charge is -2.24. The smallest absolute Gasteiger partial charge is 0.0169 e. The van der Waals surface area contributed by atoms with E-state index in [1.807, 2.05) is 0 Å². The number of rotatable bonds is 6. The Hall–Kier alpha value is -0.0800. The topological polar surface area (TPSA) is 15.3 Å². The van der Waals surface area contributed by atoms with Crippen molar-refractivity contribution in [3.63, 3.8) is 0 Å². The quantitative estimate of drug-likeness (QED) is 0.656. The molecule has 2 nitrogen and oxygen atoms in total. The fourth-order valence-corrected chi connectivity index (χ4v) is 1.49. The van der Waals surface area contributed by atoms with Crippen LogP contribution in [0.2, 0.25) is 0 Å². The molecule has 0 aromatic heterocycles. The van der Waals surface area contributed by atoms with E-state index in [-0.39, 0.29) is 0 Å². The monoisotopic (exact) mass is 172 g/mol. The number of nitrogens with zero attached hydrogens (tertiary/aromatic N) is 1. The third-order valence-corrected chi connectivity index (χ3v) is 2.04. The van der Waals surface area contributed by atoms with Gasteiger partial charge in [0.2, 0.25) is 0 Å². The summed E-state index contributed by atoms with van der Waals surface area (Å²) in [6.45, 7) is 14.5. The zero-order valence-corrected chi connectivity index (χ0v) is 9.22. The van der Waals surface area contributed by atoms with E-state index in [9.17, 15) is 0 Å². The fraction of sp³-hybridized carbons (Fsp3) is 1.00. The Morgan fingerprint density at radius 2 is 1.58 bits per heavy atom. The second-order valence-electron chi connectivity index (χ2n) is 3.71. The van der Waals surface area contributed by atoms with Crippen molar-refractivity contribution in [1.82, 2.24) is 10.2 Å². The van der Waals surface area contributed by atoms with Crippen molar-refractivity contribution >= 4 is 0 Å². The third-order valence-electron chi connectivity index (χ3n) is 2.04. The average Bonchev–Trinajstić information content (AvgIpc) is 1.98. The van der Waals surface area contributed by atoms with Crippen LogP contribution in [0.4, 0.5) is 0 Å². The molecule has 1 N–H and O–H groups in total. The zero-order valence-electron chi connectivity index (χ0n) is 9.22. The molecule has 0 radical (unpaired) electrons. The third kappa shape index (κ3) is 5.56. The Morgan fingerprint density at radius 1 is 1.08 bits per heavy atom. The summed E-state index contributed by atoms with van der Waals surface area (Å²) in [6.07, 6.45) is 0. The van der Waals surface area contributed by atoms with Crippen LogP contribution in [0.5, 0.6) is 0 Å². The second kappa shape index (κ2) is 6.44. The lowest BCUT2D eigenvalue weighted by molar-refractivity contribution is 0.265. The number of likely N-dealkylation sites (N-methyl/N-ethyl adjacent to an activating group) is 1. The molecule has 0 rings (SSSR count). The number of hydrogen-bond acceptors (Lipinski definition) is 2. The fourth-order valence-electron chi connectivity index (χ4n) is 1.49. The van der Waals surface area contributed by atoms with Gasteiger partial charge in [-0.2, -0.15) is 0 Å². The molecule has 0 amide bonds. The van der Waals surface area contributed by atoms with Gasteiger partial charge in [0.15, 0.2) is 0 Å². The van der Waals surface area contributed by atoms with Gasteiger partial charge in [0, 0.05) is 18.6 Å². The summed E-state index contributed by atoms with van der Waals surface area (Å²) in [7, 11) is 0. The van der Waals surface area contributed by atoms with Crippen molar-refractivity contribution in [2.45, 2.75) is 46.7 Å². The normalized spacial score (nSPS) is 14.2. The van der Waals surface area contributed by atoms with Crippen LogP contribution in [0.1, 0.15) is 34.6 Å². The summed E-state index contributed by atoms with van der Waals surface area (Å²) in [4.78, 5) is 2.44. The molecule has 0 aliphatic rings. The molecular formula is C10H24N2. The highest BCUT2D eigenvalue weighted by Crippen LogP contribution is 1.92. The summed E-state index contributed by atoms with van der Waals surface area (Å²) in [6, 6.07) is 1.19. The lowest BCUT2D eigenvalue weighted by atomic mass is 10.2. The van der Waals surface area contributed by atoms with Crippen molar-refractivity contribution in [3.8, 4) is 0 Å². The minimum absolute atomic E-state index is 0.593. The second-order valence-corrected chi connectivity index (χ2v) is 3.71. The van der Waals surface area contributed by atoms with Crippen LogP contribution in [0.3, 0.4) is 0 Å². The molecule has 0 heterocycles. The van der Waals surface area contributed by atoms with Gasteiger partial charge >= 0.3 is 0 Å². The molecular weight excluding hydrogens is 148 g/mol. The van der Waals surface area contributed by atoms with E-state index in [0.29, 0.717) is 12.1 Å². The minimum atomic E-state index is 0.593. The largest absolute Gasteiger partial charge is 0.311 e. The summed E-state index contributed by atoms with van der Waals surface area (Å²) >= 11 is 0. The maximum atomic E-state index is 3.50. The van der Waals surface area contributed by atoms with Crippen LogP contribution in [0.25, 0.3) is 0 Å². The van der Waals surface area contributed by atoms with Crippen LogP contribution < -0.4 is 5.32 Å². The van der Waals surface area contributed by atoms with Gasteiger partial charge in [-0.05, 0) is 20.0 Å². The summed E-state index contributed by atoms with van der Waals surface area (Å²) in [5.41, 5.74) is 0. The molecule has 0 aliphatic carbocycles. The van der Waals surface area contributed by atoms with Crippen LogP contribution >= 0.6 is 0 Å². The van der Waals surface area contributed by atoms with E-state index >= 15 is 0 Å². The maximum absolute atomic E-state index is 3.50. The average molecular weight is 172 g/mol. The van der Waals surface area contributed by atoms with E-state index in [1.54, 1.807) is 0 Å². The van der Waals surface area contributed by atoms with Gasteiger partial charge in [-0.15, -0.1) is 0 Å². The highest BCUT2D eigenvalue weighted by molar-refractivity contribution is 4.68. The van der Waals surface area contributed by atoms with Gasteiger partial charge in [-0.3, -0.25) is 0 Å².